The average Bonchev–Trinajstić information content (AvgIpc) is 3.47. The van der Waals surface area contributed by atoms with Crippen molar-refractivity contribution in [1.82, 2.24) is 24.9 Å². The summed E-state index contributed by atoms with van der Waals surface area (Å²) in [6, 6.07) is 8.72. The van der Waals surface area contributed by atoms with Crippen LogP contribution in [0.3, 0.4) is 0 Å². The van der Waals surface area contributed by atoms with E-state index in [0.717, 1.165) is 70.3 Å². The van der Waals surface area contributed by atoms with Crippen LogP contribution < -0.4 is 10.2 Å². The van der Waals surface area contributed by atoms with E-state index in [2.05, 4.69) is 44.6 Å². The van der Waals surface area contributed by atoms with Crippen LogP contribution in [0.15, 0.2) is 30.6 Å². The van der Waals surface area contributed by atoms with Crippen molar-refractivity contribution in [3.8, 4) is 0 Å². The summed E-state index contributed by atoms with van der Waals surface area (Å²) in [6.45, 7) is 1.73. The maximum Gasteiger partial charge on any atom is 0.254 e. The molecule has 2 aromatic heterocycles. The molecule has 3 aliphatic rings. The van der Waals surface area contributed by atoms with Crippen LogP contribution >= 0.6 is 0 Å². The second-order valence-corrected chi connectivity index (χ2v) is 9.10. The van der Waals surface area contributed by atoms with Gasteiger partial charge in [-0.3, -0.25) is 4.79 Å². The molecule has 6 rings (SSSR count). The molecule has 7 heteroatoms. The number of benzene rings is 1. The van der Waals surface area contributed by atoms with Crippen molar-refractivity contribution in [2.24, 2.45) is 5.92 Å². The summed E-state index contributed by atoms with van der Waals surface area (Å²) in [7, 11) is 0. The summed E-state index contributed by atoms with van der Waals surface area (Å²) in [5, 5.41) is 7.82. The lowest BCUT2D eigenvalue weighted by atomic mass is 9.87. The van der Waals surface area contributed by atoms with Gasteiger partial charge < -0.3 is 10.2 Å². The topological polar surface area (TPSA) is 75.4 Å². The highest BCUT2D eigenvalue weighted by atomic mass is 16.2. The van der Waals surface area contributed by atoms with Gasteiger partial charge >= 0.3 is 0 Å². The summed E-state index contributed by atoms with van der Waals surface area (Å²) in [6.07, 6.45) is 9.83. The maximum absolute atomic E-state index is 13.1. The lowest BCUT2D eigenvalue weighted by molar-refractivity contribution is -0.126. The van der Waals surface area contributed by atoms with E-state index in [1.54, 1.807) is 6.33 Å². The Hall–Kier alpha value is -2.96. The Morgan fingerprint density at radius 1 is 1.03 bits per heavy atom. The fraction of sp³-hybridized carbons (Fsp3) is 0.500. The predicted octanol–water partition coefficient (Wildman–Crippen LogP) is 3.02. The van der Waals surface area contributed by atoms with E-state index in [9.17, 15) is 4.79 Å². The highest BCUT2D eigenvalue weighted by Gasteiger charge is 2.31. The van der Waals surface area contributed by atoms with Crippen LogP contribution in [-0.4, -0.2) is 38.6 Å². The number of aromatic nitrogens is 4. The Labute approximate surface area is 181 Å². The molecule has 2 aliphatic carbocycles. The molecule has 3 aromatic rings. The van der Waals surface area contributed by atoms with E-state index in [1.807, 2.05) is 4.52 Å². The third kappa shape index (κ3) is 3.27. The lowest BCUT2D eigenvalue weighted by Gasteiger charge is -2.35. The number of fused-ring (bicyclic) bond motifs is 3. The minimum atomic E-state index is 0.0754. The van der Waals surface area contributed by atoms with Crippen LogP contribution in [-0.2, 0) is 24.1 Å². The number of hydrogen-bond acceptors (Lipinski definition) is 5. The molecule has 0 spiro atoms. The van der Waals surface area contributed by atoms with Gasteiger partial charge in [-0.05, 0) is 62.5 Å². The van der Waals surface area contributed by atoms with Gasteiger partial charge in [-0.1, -0.05) is 24.3 Å². The third-order valence-corrected chi connectivity index (χ3v) is 7.28. The van der Waals surface area contributed by atoms with E-state index in [1.165, 1.54) is 22.4 Å². The van der Waals surface area contributed by atoms with Crippen LogP contribution in [0, 0.1) is 5.92 Å². The molecule has 3 heterocycles. The summed E-state index contributed by atoms with van der Waals surface area (Å²) < 4.78 is 1.89. The minimum absolute atomic E-state index is 0.0754. The van der Waals surface area contributed by atoms with Crippen LogP contribution in [0.5, 0.6) is 0 Å². The van der Waals surface area contributed by atoms with Gasteiger partial charge in [0.1, 0.15) is 12.1 Å². The van der Waals surface area contributed by atoms with E-state index in [4.69, 9.17) is 4.98 Å². The predicted molar refractivity (Wildman–Crippen MR) is 118 cm³/mol. The fourth-order valence-electron chi connectivity index (χ4n) is 5.67. The van der Waals surface area contributed by atoms with Crippen molar-refractivity contribution < 1.29 is 4.79 Å². The Kier molecular flexibility index (Phi) is 4.62. The zero-order valence-electron chi connectivity index (χ0n) is 17.8. The second kappa shape index (κ2) is 7.62. The Morgan fingerprint density at radius 2 is 1.90 bits per heavy atom. The molecular formula is C24H28N6O. The normalized spacial score (nSPS) is 21.2. The molecule has 1 saturated heterocycles. The van der Waals surface area contributed by atoms with Crippen molar-refractivity contribution in [3.05, 3.63) is 53.0 Å². The quantitative estimate of drug-likeness (QED) is 0.710. The summed E-state index contributed by atoms with van der Waals surface area (Å²) >= 11 is 0. The molecule has 0 radical (unpaired) electrons. The summed E-state index contributed by atoms with van der Waals surface area (Å²) in [4.78, 5) is 24.5. The molecule has 1 amide bonds. The number of nitrogens with one attached hydrogen (secondary N) is 1. The molecule has 0 unspecified atom stereocenters. The number of aryl methyl sites for hydroxylation is 2. The number of anilines is 1. The molecule has 1 N–H and O–H groups in total. The largest absolute Gasteiger partial charge is 0.356 e. The fourth-order valence-corrected chi connectivity index (χ4v) is 5.67. The highest BCUT2D eigenvalue weighted by molar-refractivity contribution is 5.79. The molecule has 0 bridgehead atoms. The van der Waals surface area contributed by atoms with Crippen molar-refractivity contribution in [2.45, 2.75) is 57.4 Å². The average molecular weight is 417 g/mol. The number of hydrogen-bond donors (Lipinski definition) is 1. The highest BCUT2D eigenvalue weighted by Crippen LogP contribution is 2.34. The molecule has 1 aliphatic heterocycles. The Balaban J connectivity index is 1.17. The molecule has 7 nitrogen and oxygen atoms in total. The van der Waals surface area contributed by atoms with Gasteiger partial charge in [0.2, 0.25) is 5.91 Å². The van der Waals surface area contributed by atoms with Gasteiger partial charge in [-0.2, -0.15) is 14.6 Å². The van der Waals surface area contributed by atoms with Gasteiger partial charge in [0.15, 0.2) is 0 Å². The zero-order valence-corrected chi connectivity index (χ0v) is 17.8. The van der Waals surface area contributed by atoms with Crippen LogP contribution in [0.1, 0.15) is 60.5 Å². The summed E-state index contributed by atoms with van der Waals surface area (Å²) in [5.41, 5.74) is 5.18. The lowest BCUT2D eigenvalue weighted by Crippen LogP contribution is -2.43. The minimum Gasteiger partial charge on any atom is -0.356 e. The van der Waals surface area contributed by atoms with Gasteiger partial charge in [-0.25, -0.2) is 4.98 Å². The second-order valence-electron chi connectivity index (χ2n) is 9.10. The maximum atomic E-state index is 13.1. The Morgan fingerprint density at radius 3 is 2.81 bits per heavy atom. The molecule has 0 saturated carbocycles. The van der Waals surface area contributed by atoms with Crippen molar-refractivity contribution in [1.29, 1.82) is 0 Å². The smallest absolute Gasteiger partial charge is 0.254 e. The molecular weight excluding hydrogens is 388 g/mol. The van der Waals surface area contributed by atoms with E-state index >= 15 is 0 Å². The van der Waals surface area contributed by atoms with Crippen LogP contribution in [0.25, 0.3) is 5.78 Å². The van der Waals surface area contributed by atoms with Crippen LogP contribution in [0.4, 0.5) is 5.82 Å². The van der Waals surface area contributed by atoms with Crippen molar-refractivity contribution >= 4 is 17.5 Å². The van der Waals surface area contributed by atoms with E-state index in [0.29, 0.717) is 5.78 Å². The van der Waals surface area contributed by atoms with Crippen molar-refractivity contribution in [3.63, 3.8) is 0 Å². The zero-order chi connectivity index (χ0) is 20.8. The number of carbonyl (C=O) groups excluding carboxylic acids is 1. The number of carbonyl (C=O) groups is 1. The summed E-state index contributed by atoms with van der Waals surface area (Å²) in [5.74, 6) is 2.13. The third-order valence-electron chi connectivity index (χ3n) is 7.28. The number of piperidine rings is 1. The first-order valence-electron chi connectivity index (χ1n) is 11.6. The SMILES string of the molecule is O=C(N[C@H]1CCCc2ccccc21)C1CCN(c2c3c(nc4ncnn24)CCC3)CC1. The van der Waals surface area contributed by atoms with E-state index in [-0.39, 0.29) is 17.9 Å². The molecule has 1 atom stereocenters. The van der Waals surface area contributed by atoms with E-state index < -0.39 is 0 Å². The monoisotopic (exact) mass is 416 g/mol. The van der Waals surface area contributed by atoms with Gasteiger partial charge in [0.05, 0.1) is 11.7 Å². The van der Waals surface area contributed by atoms with Crippen molar-refractivity contribution in [2.75, 3.05) is 18.0 Å². The number of nitrogens with zero attached hydrogens (tertiary/aromatic N) is 5. The molecule has 1 fully saturated rings. The number of rotatable bonds is 3. The van der Waals surface area contributed by atoms with Gasteiger partial charge in [0.25, 0.3) is 5.78 Å². The first-order valence-corrected chi connectivity index (χ1v) is 11.6. The molecule has 1 aromatic carbocycles. The molecule has 31 heavy (non-hydrogen) atoms. The number of amides is 1. The van der Waals surface area contributed by atoms with Gasteiger partial charge in [-0.15, -0.1) is 0 Å². The first kappa shape index (κ1) is 18.8. The van der Waals surface area contributed by atoms with Gasteiger partial charge in [0, 0.05) is 24.6 Å². The van der Waals surface area contributed by atoms with Crippen LogP contribution in [0.2, 0.25) is 0 Å². The molecule has 160 valence electrons. The Bertz CT molecular complexity index is 1130. The standard InChI is InChI=1S/C24H28N6O/c31-22(27-20-9-3-6-16-5-1-2-7-18(16)20)17-11-13-29(14-12-17)23-19-8-4-10-21(19)28-24-25-15-26-30(23)24/h1-2,5,7,15,17,20H,3-4,6,8-14H2,(H,27,31)/t20-/m0/s1. The first-order chi connectivity index (χ1) is 15.3.